The van der Waals surface area contributed by atoms with Gasteiger partial charge in [-0.25, -0.2) is 0 Å². The van der Waals surface area contributed by atoms with E-state index in [1.54, 1.807) is 12.2 Å². The summed E-state index contributed by atoms with van der Waals surface area (Å²) in [6.45, 7) is 6.95. The van der Waals surface area contributed by atoms with Crippen LogP contribution in [0.25, 0.3) is 0 Å². The standard InChI is InChI=1S/C11H16N2O2/c1-3-8(5-6-9(14)4-2)7-10(12)11(13)15/h3-6,10,14H,1-2,7,12H2,(H2,13,15)/b8-5+,9-6+. The predicted molar refractivity (Wildman–Crippen MR) is 61.0 cm³/mol. The van der Waals surface area contributed by atoms with Crippen LogP contribution in [-0.4, -0.2) is 17.1 Å². The molecule has 0 radical (unpaired) electrons. The van der Waals surface area contributed by atoms with E-state index >= 15 is 0 Å². The molecule has 4 heteroatoms. The SMILES string of the molecule is C=C/C(=C\C=C(\O)C=C)CC(N)C(N)=O. The van der Waals surface area contributed by atoms with E-state index in [1.807, 2.05) is 0 Å². The summed E-state index contributed by atoms with van der Waals surface area (Å²) >= 11 is 0. The van der Waals surface area contributed by atoms with Crippen LogP contribution in [0, 0.1) is 0 Å². The van der Waals surface area contributed by atoms with E-state index in [4.69, 9.17) is 16.6 Å². The van der Waals surface area contributed by atoms with Gasteiger partial charge in [0.05, 0.1) is 6.04 Å². The molecule has 0 aliphatic carbocycles. The van der Waals surface area contributed by atoms with Crippen LogP contribution in [-0.2, 0) is 4.79 Å². The van der Waals surface area contributed by atoms with Gasteiger partial charge in [0.1, 0.15) is 5.76 Å². The number of hydrogen-bond acceptors (Lipinski definition) is 3. The summed E-state index contributed by atoms with van der Waals surface area (Å²) in [6.07, 6.45) is 6.19. The molecule has 82 valence electrons. The van der Waals surface area contributed by atoms with Gasteiger partial charge in [-0.2, -0.15) is 0 Å². The fraction of sp³-hybridized carbons (Fsp3) is 0.182. The number of aliphatic hydroxyl groups is 1. The molecule has 1 atom stereocenters. The van der Waals surface area contributed by atoms with Crippen molar-refractivity contribution in [1.29, 1.82) is 0 Å². The third-order valence-corrected chi connectivity index (χ3v) is 1.76. The monoisotopic (exact) mass is 208 g/mol. The van der Waals surface area contributed by atoms with Crippen molar-refractivity contribution in [3.63, 3.8) is 0 Å². The second kappa shape index (κ2) is 6.62. The van der Waals surface area contributed by atoms with Crippen molar-refractivity contribution in [2.45, 2.75) is 12.5 Å². The van der Waals surface area contributed by atoms with Crippen LogP contribution < -0.4 is 11.5 Å². The number of carbonyl (C=O) groups excluding carboxylic acids is 1. The molecule has 0 spiro atoms. The molecule has 0 aromatic rings. The van der Waals surface area contributed by atoms with E-state index in [0.29, 0.717) is 6.42 Å². The normalized spacial score (nSPS) is 14.5. The van der Waals surface area contributed by atoms with Crippen molar-refractivity contribution in [2.75, 3.05) is 0 Å². The largest absolute Gasteiger partial charge is 0.508 e. The third-order valence-electron chi connectivity index (χ3n) is 1.76. The Hall–Kier alpha value is -1.81. The summed E-state index contributed by atoms with van der Waals surface area (Å²) < 4.78 is 0. The summed E-state index contributed by atoms with van der Waals surface area (Å²) in [5, 5.41) is 9.09. The lowest BCUT2D eigenvalue weighted by Crippen LogP contribution is -2.36. The van der Waals surface area contributed by atoms with Crippen molar-refractivity contribution < 1.29 is 9.90 Å². The van der Waals surface area contributed by atoms with Crippen LogP contribution >= 0.6 is 0 Å². The van der Waals surface area contributed by atoms with Crippen LogP contribution in [0.4, 0.5) is 0 Å². The first-order valence-corrected chi connectivity index (χ1v) is 4.40. The van der Waals surface area contributed by atoms with Crippen LogP contribution in [0.15, 0.2) is 48.8 Å². The molecule has 0 aromatic heterocycles. The van der Waals surface area contributed by atoms with Crippen molar-refractivity contribution >= 4 is 5.91 Å². The second-order valence-electron chi connectivity index (χ2n) is 2.95. The highest BCUT2D eigenvalue weighted by Crippen LogP contribution is 2.06. The summed E-state index contributed by atoms with van der Waals surface area (Å²) in [4.78, 5) is 10.7. The van der Waals surface area contributed by atoms with Gasteiger partial charge in [-0.05, 0) is 24.1 Å². The summed E-state index contributed by atoms with van der Waals surface area (Å²) in [6, 6.07) is -0.742. The van der Waals surface area contributed by atoms with Crippen molar-refractivity contribution in [3.8, 4) is 0 Å². The van der Waals surface area contributed by atoms with Crippen molar-refractivity contribution in [2.24, 2.45) is 11.5 Å². The topological polar surface area (TPSA) is 89.3 Å². The Labute approximate surface area is 89.3 Å². The van der Waals surface area contributed by atoms with E-state index in [2.05, 4.69) is 13.2 Å². The fourth-order valence-corrected chi connectivity index (χ4v) is 0.834. The van der Waals surface area contributed by atoms with Gasteiger partial charge in [0.15, 0.2) is 0 Å². The molecule has 0 rings (SSSR count). The molecular weight excluding hydrogens is 192 g/mol. The van der Waals surface area contributed by atoms with Gasteiger partial charge in [0.2, 0.25) is 5.91 Å². The molecule has 0 aromatic carbocycles. The molecular formula is C11H16N2O2. The molecule has 0 heterocycles. The van der Waals surface area contributed by atoms with E-state index in [1.165, 1.54) is 12.2 Å². The zero-order chi connectivity index (χ0) is 11.8. The average molecular weight is 208 g/mol. The molecule has 0 aliphatic heterocycles. The van der Waals surface area contributed by atoms with Crippen molar-refractivity contribution in [3.05, 3.63) is 48.8 Å². The van der Waals surface area contributed by atoms with Crippen LogP contribution in [0.1, 0.15) is 6.42 Å². The Morgan fingerprint density at radius 2 is 1.93 bits per heavy atom. The quantitative estimate of drug-likeness (QED) is 0.448. The Morgan fingerprint density at radius 1 is 1.33 bits per heavy atom. The molecule has 0 aliphatic rings. The number of nitrogens with two attached hydrogens (primary N) is 2. The number of amides is 1. The van der Waals surface area contributed by atoms with Crippen LogP contribution in [0.5, 0.6) is 0 Å². The Morgan fingerprint density at radius 3 is 2.33 bits per heavy atom. The van der Waals surface area contributed by atoms with Crippen LogP contribution in [0.3, 0.4) is 0 Å². The molecule has 1 amide bonds. The lowest BCUT2D eigenvalue weighted by molar-refractivity contribution is -0.119. The fourth-order valence-electron chi connectivity index (χ4n) is 0.834. The summed E-state index contributed by atoms with van der Waals surface area (Å²) in [5.41, 5.74) is 11.2. The maximum atomic E-state index is 10.7. The first-order valence-electron chi connectivity index (χ1n) is 4.40. The van der Waals surface area contributed by atoms with Gasteiger partial charge in [-0.3, -0.25) is 4.79 Å². The smallest absolute Gasteiger partial charge is 0.234 e. The van der Waals surface area contributed by atoms with Gasteiger partial charge in [-0.15, -0.1) is 0 Å². The number of rotatable bonds is 6. The zero-order valence-electron chi connectivity index (χ0n) is 8.52. The van der Waals surface area contributed by atoms with Gasteiger partial charge < -0.3 is 16.6 Å². The molecule has 0 bridgehead atoms. The van der Waals surface area contributed by atoms with Gasteiger partial charge >= 0.3 is 0 Å². The van der Waals surface area contributed by atoms with Gasteiger partial charge in [0, 0.05) is 0 Å². The van der Waals surface area contributed by atoms with E-state index in [0.717, 1.165) is 5.57 Å². The maximum Gasteiger partial charge on any atom is 0.234 e. The molecule has 0 saturated carbocycles. The minimum absolute atomic E-state index is 0.0296. The highest BCUT2D eigenvalue weighted by atomic mass is 16.3. The Balaban J connectivity index is 4.56. The minimum Gasteiger partial charge on any atom is -0.508 e. The predicted octanol–water partition coefficient (Wildman–Crippen LogP) is 0.929. The summed E-state index contributed by atoms with van der Waals surface area (Å²) in [5.74, 6) is -0.540. The molecule has 5 N–H and O–H groups in total. The number of aliphatic hydroxyl groups excluding tert-OH is 1. The Bertz CT molecular complexity index is 317. The Kier molecular flexibility index (Phi) is 5.82. The molecule has 1 unspecified atom stereocenters. The molecule has 0 fully saturated rings. The van der Waals surface area contributed by atoms with E-state index in [-0.39, 0.29) is 5.76 Å². The van der Waals surface area contributed by atoms with Crippen LogP contribution in [0.2, 0.25) is 0 Å². The molecule has 15 heavy (non-hydrogen) atoms. The van der Waals surface area contributed by atoms with Gasteiger partial charge in [0.25, 0.3) is 0 Å². The second-order valence-corrected chi connectivity index (χ2v) is 2.95. The van der Waals surface area contributed by atoms with Crippen molar-refractivity contribution in [1.82, 2.24) is 0 Å². The number of hydrogen-bond donors (Lipinski definition) is 3. The first kappa shape index (κ1) is 13.2. The highest BCUT2D eigenvalue weighted by molar-refractivity contribution is 5.80. The average Bonchev–Trinajstić information content (AvgIpc) is 2.22. The first-order chi connectivity index (χ1) is 7.01. The maximum absolute atomic E-state index is 10.7. The number of primary amides is 1. The molecule has 4 nitrogen and oxygen atoms in total. The van der Waals surface area contributed by atoms with Gasteiger partial charge in [-0.1, -0.05) is 25.3 Å². The number of allylic oxidation sites excluding steroid dienone is 4. The highest BCUT2D eigenvalue weighted by Gasteiger charge is 2.09. The van der Waals surface area contributed by atoms with E-state index in [9.17, 15) is 4.79 Å². The lowest BCUT2D eigenvalue weighted by Gasteiger charge is -2.06. The lowest BCUT2D eigenvalue weighted by atomic mass is 10.1. The summed E-state index contributed by atoms with van der Waals surface area (Å²) in [7, 11) is 0. The van der Waals surface area contributed by atoms with E-state index < -0.39 is 11.9 Å². The third kappa shape index (κ3) is 5.49. The minimum atomic E-state index is -0.742. The number of carbonyl (C=O) groups is 1. The molecule has 0 saturated heterocycles. The zero-order valence-corrected chi connectivity index (χ0v) is 8.52.